The van der Waals surface area contributed by atoms with Gasteiger partial charge in [0.1, 0.15) is 0 Å². The first-order chi connectivity index (χ1) is 8.95. The Hall–Kier alpha value is -1.10. The van der Waals surface area contributed by atoms with Gasteiger partial charge in [0.05, 0.1) is 12.6 Å². The van der Waals surface area contributed by atoms with E-state index in [-0.39, 0.29) is 30.3 Å². The van der Waals surface area contributed by atoms with E-state index < -0.39 is 6.04 Å². The summed E-state index contributed by atoms with van der Waals surface area (Å²) in [5.74, 6) is 0.276. The number of rotatable bonds is 6. The van der Waals surface area contributed by atoms with Crippen LogP contribution < -0.4 is 16.4 Å². The number of carbonyl (C=O) groups is 2. The van der Waals surface area contributed by atoms with E-state index in [4.69, 9.17) is 5.73 Å². The minimum Gasteiger partial charge on any atom is -0.352 e. The summed E-state index contributed by atoms with van der Waals surface area (Å²) in [6.07, 6.45) is 4.50. The minimum atomic E-state index is -0.553. The number of hydrogen-bond donors (Lipinski definition) is 3. The summed E-state index contributed by atoms with van der Waals surface area (Å²) in [7, 11) is 0. The van der Waals surface area contributed by atoms with E-state index in [2.05, 4.69) is 17.6 Å². The monoisotopic (exact) mass is 269 g/mol. The number of nitrogens with one attached hydrogen (secondary N) is 2. The maximum absolute atomic E-state index is 11.8. The highest BCUT2D eigenvalue weighted by Gasteiger charge is 2.27. The molecule has 2 amide bonds. The van der Waals surface area contributed by atoms with Crippen LogP contribution in [0.5, 0.6) is 0 Å². The van der Waals surface area contributed by atoms with Gasteiger partial charge in [0.25, 0.3) is 0 Å². The summed E-state index contributed by atoms with van der Waals surface area (Å²) < 4.78 is 0. The predicted octanol–water partition coefficient (Wildman–Crippen LogP) is 0.781. The average Bonchev–Trinajstić information content (AvgIpc) is 2.81. The second-order valence-corrected chi connectivity index (χ2v) is 5.76. The van der Waals surface area contributed by atoms with Crippen molar-refractivity contribution in [3.8, 4) is 0 Å². The molecule has 1 aliphatic rings. The van der Waals surface area contributed by atoms with Gasteiger partial charge < -0.3 is 16.4 Å². The molecule has 0 radical (unpaired) electrons. The third kappa shape index (κ3) is 4.82. The molecule has 1 fully saturated rings. The smallest absolute Gasteiger partial charge is 0.239 e. The summed E-state index contributed by atoms with van der Waals surface area (Å²) >= 11 is 0. The van der Waals surface area contributed by atoms with Gasteiger partial charge in [-0.25, -0.2) is 0 Å². The van der Waals surface area contributed by atoms with Crippen molar-refractivity contribution in [1.29, 1.82) is 0 Å². The zero-order valence-electron chi connectivity index (χ0n) is 12.2. The van der Waals surface area contributed by atoms with Crippen molar-refractivity contribution in [2.75, 3.05) is 6.54 Å². The summed E-state index contributed by atoms with van der Waals surface area (Å²) in [5.41, 5.74) is 5.71. The molecule has 2 unspecified atom stereocenters. The van der Waals surface area contributed by atoms with Crippen LogP contribution in [0, 0.1) is 11.8 Å². The Kier molecular flexibility index (Phi) is 6.28. The van der Waals surface area contributed by atoms with E-state index in [0.717, 1.165) is 12.8 Å². The highest BCUT2D eigenvalue weighted by molar-refractivity contribution is 5.87. The zero-order chi connectivity index (χ0) is 14.4. The molecule has 1 rings (SSSR count). The van der Waals surface area contributed by atoms with Gasteiger partial charge in [0.15, 0.2) is 0 Å². The highest BCUT2D eigenvalue weighted by Crippen LogP contribution is 2.27. The fourth-order valence-electron chi connectivity index (χ4n) is 2.56. The van der Waals surface area contributed by atoms with Crippen LogP contribution in [0.25, 0.3) is 0 Å². The van der Waals surface area contributed by atoms with Gasteiger partial charge in [-0.15, -0.1) is 0 Å². The molecule has 0 aliphatic heterocycles. The summed E-state index contributed by atoms with van der Waals surface area (Å²) in [5, 5.41) is 5.60. The predicted molar refractivity (Wildman–Crippen MR) is 75.4 cm³/mol. The van der Waals surface area contributed by atoms with Gasteiger partial charge in [0, 0.05) is 6.04 Å². The normalized spacial score (nSPS) is 24.3. The maximum atomic E-state index is 11.8. The van der Waals surface area contributed by atoms with Crippen LogP contribution in [0.15, 0.2) is 0 Å². The second-order valence-electron chi connectivity index (χ2n) is 5.76. The van der Waals surface area contributed by atoms with E-state index in [1.165, 1.54) is 12.8 Å². The molecular formula is C14H27N3O2. The van der Waals surface area contributed by atoms with E-state index in [9.17, 15) is 9.59 Å². The Balaban J connectivity index is 2.30. The largest absolute Gasteiger partial charge is 0.352 e. The Labute approximate surface area is 115 Å². The van der Waals surface area contributed by atoms with Gasteiger partial charge in [-0.05, 0) is 24.7 Å². The summed E-state index contributed by atoms with van der Waals surface area (Å²) in [6, 6.07) is -0.282. The molecule has 5 heteroatoms. The Morgan fingerprint density at radius 3 is 2.58 bits per heavy atom. The lowest BCUT2D eigenvalue weighted by molar-refractivity contribution is -0.127. The maximum Gasteiger partial charge on any atom is 0.239 e. The Morgan fingerprint density at radius 2 is 2.00 bits per heavy atom. The third-order valence-corrected chi connectivity index (χ3v) is 3.97. The lowest BCUT2D eigenvalue weighted by Crippen LogP contribution is -2.48. The minimum absolute atomic E-state index is 0.0200. The highest BCUT2D eigenvalue weighted by atomic mass is 16.2. The van der Waals surface area contributed by atoms with Gasteiger partial charge in [-0.2, -0.15) is 0 Å². The molecule has 0 bridgehead atoms. The van der Waals surface area contributed by atoms with Crippen LogP contribution in [0.3, 0.4) is 0 Å². The van der Waals surface area contributed by atoms with E-state index in [0.29, 0.717) is 5.92 Å². The zero-order valence-corrected chi connectivity index (χ0v) is 12.2. The molecule has 5 nitrogen and oxygen atoms in total. The van der Waals surface area contributed by atoms with Crippen molar-refractivity contribution < 1.29 is 9.59 Å². The van der Waals surface area contributed by atoms with Gasteiger partial charge >= 0.3 is 0 Å². The fourth-order valence-corrected chi connectivity index (χ4v) is 2.56. The van der Waals surface area contributed by atoms with Crippen molar-refractivity contribution in [3.05, 3.63) is 0 Å². The topological polar surface area (TPSA) is 84.2 Å². The van der Waals surface area contributed by atoms with Crippen LogP contribution in [-0.4, -0.2) is 30.4 Å². The molecule has 110 valence electrons. The molecular weight excluding hydrogens is 242 g/mol. The number of hydrogen-bond acceptors (Lipinski definition) is 3. The first kappa shape index (κ1) is 16.0. The Morgan fingerprint density at radius 1 is 1.32 bits per heavy atom. The van der Waals surface area contributed by atoms with Gasteiger partial charge in [0.2, 0.25) is 11.8 Å². The first-order valence-electron chi connectivity index (χ1n) is 7.28. The molecule has 0 heterocycles. The molecule has 3 atom stereocenters. The average molecular weight is 269 g/mol. The third-order valence-electron chi connectivity index (χ3n) is 3.97. The van der Waals surface area contributed by atoms with Crippen LogP contribution in [0.4, 0.5) is 0 Å². The van der Waals surface area contributed by atoms with Crippen LogP contribution in [-0.2, 0) is 9.59 Å². The molecule has 0 saturated heterocycles. The second kappa shape index (κ2) is 7.48. The molecule has 0 aromatic rings. The molecule has 1 aliphatic carbocycles. The number of amides is 2. The number of nitrogens with two attached hydrogens (primary N) is 1. The summed E-state index contributed by atoms with van der Waals surface area (Å²) in [4.78, 5) is 23.4. The number of carbonyl (C=O) groups excluding carboxylic acids is 2. The van der Waals surface area contributed by atoms with Crippen molar-refractivity contribution in [2.24, 2.45) is 17.6 Å². The van der Waals surface area contributed by atoms with Crippen LogP contribution in [0.2, 0.25) is 0 Å². The van der Waals surface area contributed by atoms with Crippen LogP contribution >= 0.6 is 0 Å². The SMILES string of the molecule is CCC1CCCC1NC(=O)CNC(=O)[C@@H](N)C(C)C. The fraction of sp³-hybridized carbons (Fsp3) is 0.857. The molecule has 4 N–H and O–H groups in total. The standard InChI is InChI=1S/C14H27N3O2/c1-4-10-6-5-7-11(10)17-12(18)8-16-14(19)13(15)9(2)3/h9-11,13H,4-8,15H2,1-3H3,(H,16,19)(H,17,18)/t10?,11?,13-/m0/s1. The first-order valence-corrected chi connectivity index (χ1v) is 7.28. The van der Waals surface area contributed by atoms with Crippen molar-refractivity contribution in [2.45, 2.75) is 58.5 Å². The van der Waals surface area contributed by atoms with E-state index in [1.54, 1.807) is 0 Å². The van der Waals surface area contributed by atoms with Gasteiger partial charge in [-0.1, -0.05) is 33.6 Å². The molecule has 19 heavy (non-hydrogen) atoms. The van der Waals surface area contributed by atoms with E-state index in [1.807, 2.05) is 13.8 Å². The van der Waals surface area contributed by atoms with Crippen molar-refractivity contribution in [3.63, 3.8) is 0 Å². The Bertz CT molecular complexity index is 318. The molecule has 0 aromatic carbocycles. The quantitative estimate of drug-likeness (QED) is 0.666. The van der Waals surface area contributed by atoms with Crippen molar-refractivity contribution >= 4 is 11.8 Å². The lowest BCUT2D eigenvalue weighted by atomic mass is 10.0. The molecule has 1 saturated carbocycles. The molecule has 0 spiro atoms. The summed E-state index contributed by atoms with van der Waals surface area (Å²) in [6.45, 7) is 5.94. The van der Waals surface area contributed by atoms with E-state index >= 15 is 0 Å². The lowest BCUT2D eigenvalue weighted by Gasteiger charge is -2.20. The van der Waals surface area contributed by atoms with Gasteiger partial charge in [-0.3, -0.25) is 9.59 Å². The molecule has 0 aromatic heterocycles. The van der Waals surface area contributed by atoms with Crippen LogP contribution in [0.1, 0.15) is 46.5 Å². The van der Waals surface area contributed by atoms with Crippen molar-refractivity contribution in [1.82, 2.24) is 10.6 Å².